The normalized spacial score (nSPS) is 41.8. The van der Waals surface area contributed by atoms with E-state index in [4.69, 9.17) is 5.73 Å². The fourth-order valence-corrected chi connectivity index (χ4v) is 10.4. The molecular weight excluding hydrogens is 530 g/mol. The first-order chi connectivity index (χ1) is 19.9. The number of carbonyl (C=O) groups is 1. The van der Waals surface area contributed by atoms with Crippen molar-refractivity contribution < 1.29 is 25.2 Å². The van der Waals surface area contributed by atoms with Gasteiger partial charge < -0.3 is 36.8 Å². The third-order valence-electron chi connectivity index (χ3n) is 13.2. The minimum absolute atomic E-state index is 0.162. The van der Waals surface area contributed by atoms with Crippen molar-refractivity contribution >= 4 is 5.97 Å². The van der Waals surface area contributed by atoms with Crippen molar-refractivity contribution in [2.75, 3.05) is 26.2 Å². The second-order valence-electron chi connectivity index (χ2n) is 15.4. The minimum Gasteiger partial charge on any atom is -0.481 e. The third-order valence-corrected chi connectivity index (χ3v) is 13.2. The molecule has 0 aromatic rings. The maximum atomic E-state index is 11.9. The molecule has 13 atom stereocenters. The number of fused-ring (bicyclic) bond motifs is 5. The summed E-state index contributed by atoms with van der Waals surface area (Å²) in [6.07, 6.45) is 10.2. The van der Waals surface area contributed by atoms with Crippen molar-refractivity contribution in [3.05, 3.63) is 0 Å². The van der Waals surface area contributed by atoms with Crippen LogP contribution < -0.4 is 16.4 Å². The Bertz CT molecular complexity index is 876. The lowest BCUT2D eigenvalue weighted by Gasteiger charge is -2.63. The summed E-state index contributed by atoms with van der Waals surface area (Å²) >= 11 is 0. The molecule has 244 valence electrons. The van der Waals surface area contributed by atoms with Gasteiger partial charge in [-0.25, -0.2) is 0 Å². The molecule has 4 saturated carbocycles. The molecule has 42 heavy (non-hydrogen) atoms. The molecule has 8 N–H and O–H groups in total. The second kappa shape index (κ2) is 14.6. The van der Waals surface area contributed by atoms with Crippen molar-refractivity contribution in [3.63, 3.8) is 0 Å². The summed E-state index contributed by atoms with van der Waals surface area (Å²) in [7, 11) is 0. The van der Waals surface area contributed by atoms with E-state index in [9.17, 15) is 25.2 Å². The fourth-order valence-electron chi connectivity index (χ4n) is 10.4. The van der Waals surface area contributed by atoms with E-state index in [1.54, 1.807) is 6.92 Å². The van der Waals surface area contributed by atoms with Crippen LogP contribution >= 0.6 is 0 Å². The molecule has 0 aromatic heterocycles. The number of aliphatic hydroxyl groups is 3. The SMILES string of the molecule is CC(C(=O)O)C(O)CC[C@@H](C)[C@H]1CCC2C3C(CC(O)[C@@]21C)[C@@]1(C)CC[C@H](NCCCNCCCCN)C[C@@H]1C[C@H]3O. The molecule has 0 saturated heterocycles. The third kappa shape index (κ3) is 6.89. The van der Waals surface area contributed by atoms with Gasteiger partial charge in [0.1, 0.15) is 0 Å². The summed E-state index contributed by atoms with van der Waals surface area (Å²) in [5.74, 6) is 0.265. The molecule has 0 aliphatic heterocycles. The molecule has 0 radical (unpaired) electrons. The Morgan fingerprint density at radius 1 is 0.952 bits per heavy atom. The predicted molar refractivity (Wildman–Crippen MR) is 167 cm³/mol. The van der Waals surface area contributed by atoms with Crippen LogP contribution in [-0.2, 0) is 4.79 Å². The first-order valence-electron chi connectivity index (χ1n) is 17.4. The van der Waals surface area contributed by atoms with E-state index in [0.717, 1.165) is 90.4 Å². The Balaban J connectivity index is 1.34. The van der Waals surface area contributed by atoms with Crippen LogP contribution in [0, 0.1) is 52.3 Å². The van der Waals surface area contributed by atoms with Crippen LogP contribution in [0.15, 0.2) is 0 Å². The highest BCUT2D eigenvalue weighted by molar-refractivity contribution is 5.70. The molecule has 4 aliphatic rings. The highest BCUT2D eigenvalue weighted by Gasteiger charge is 2.65. The van der Waals surface area contributed by atoms with Crippen molar-refractivity contribution in [2.45, 2.75) is 129 Å². The lowest BCUT2D eigenvalue weighted by molar-refractivity contribution is -0.202. The Hall–Kier alpha value is -0.770. The van der Waals surface area contributed by atoms with Crippen molar-refractivity contribution in [1.29, 1.82) is 0 Å². The lowest BCUT2D eigenvalue weighted by atomic mass is 9.43. The summed E-state index contributed by atoms with van der Waals surface area (Å²) in [6.45, 7) is 12.4. The van der Waals surface area contributed by atoms with Crippen molar-refractivity contribution in [3.8, 4) is 0 Å². The van der Waals surface area contributed by atoms with Gasteiger partial charge >= 0.3 is 5.97 Å². The highest BCUT2D eigenvalue weighted by atomic mass is 16.4. The first-order valence-corrected chi connectivity index (χ1v) is 17.4. The maximum absolute atomic E-state index is 11.9. The van der Waals surface area contributed by atoms with Gasteiger partial charge in [-0.2, -0.15) is 0 Å². The fraction of sp³-hybridized carbons (Fsp3) is 0.971. The number of hydrogen-bond donors (Lipinski definition) is 7. The van der Waals surface area contributed by atoms with E-state index < -0.39 is 24.1 Å². The van der Waals surface area contributed by atoms with Crippen molar-refractivity contribution in [1.82, 2.24) is 10.6 Å². The quantitative estimate of drug-likeness (QED) is 0.142. The second-order valence-corrected chi connectivity index (χ2v) is 15.4. The van der Waals surface area contributed by atoms with E-state index >= 15 is 0 Å². The molecule has 4 rings (SSSR count). The van der Waals surface area contributed by atoms with Crippen LogP contribution in [0.25, 0.3) is 0 Å². The largest absolute Gasteiger partial charge is 0.481 e. The zero-order valence-electron chi connectivity index (χ0n) is 26.9. The number of nitrogens with two attached hydrogens (primary N) is 1. The van der Waals surface area contributed by atoms with Gasteiger partial charge in [-0.15, -0.1) is 0 Å². The van der Waals surface area contributed by atoms with E-state index in [-0.39, 0.29) is 28.8 Å². The van der Waals surface area contributed by atoms with Crippen LogP contribution in [0.3, 0.4) is 0 Å². The number of unbranched alkanes of at least 4 members (excludes halogenated alkanes) is 1. The Labute approximate surface area is 255 Å². The Kier molecular flexibility index (Phi) is 11.8. The number of rotatable bonds is 15. The number of aliphatic hydroxyl groups excluding tert-OH is 3. The molecule has 0 aromatic carbocycles. The molecule has 0 bridgehead atoms. The van der Waals surface area contributed by atoms with E-state index in [2.05, 4.69) is 31.4 Å². The molecule has 4 aliphatic carbocycles. The zero-order valence-corrected chi connectivity index (χ0v) is 26.9. The summed E-state index contributed by atoms with van der Waals surface area (Å²) in [5.41, 5.74) is 5.49. The van der Waals surface area contributed by atoms with Gasteiger partial charge in [0, 0.05) is 6.04 Å². The molecule has 0 amide bonds. The van der Waals surface area contributed by atoms with E-state index in [0.29, 0.717) is 36.1 Å². The van der Waals surface area contributed by atoms with Gasteiger partial charge in [0.05, 0.1) is 24.2 Å². The van der Waals surface area contributed by atoms with Crippen LogP contribution in [-0.4, -0.2) is 76.9 Å². The highest BCUT2D eigenvalue weighted by Crippen LogP contribution is 2.68. The molecule has 6 unspecified atom stereocenters. The predicted octanol–water partition coefficient (Wildman–Crippen LogP) is 3.76. The molecule has 0 spiro atoms. The maximum Gasteiger partial charge on any atom is 0.308 e. The molecule has 0 heterocycles. The van der Waals surface area contributed by atoms with Crippen molar-refractivity contribution in [2.24, 2.45) is 58.0 Å². The van der Waals surface area contributed by atoms with Crippen LogP contribution in [0.1, 0.15) is 105 Å². The van der Waals surface area contributed by atoms with Crippen LogP contribution in [0.4, 0.5) is 0 Å². The summed E-state index contributed by atoms with van der Waals surface area (Å²) < 4.78 is 0. The van der Waals surface area contributed by atoms with Gasteiger partial charge in [-0.05, 0) is 156 Å². The average molecular weight is 594 g/mol. The van der Waals surface area contributed by atoms with Crippen LogP contribution in [0.2, 0.25) is 0 Å². The van der Waals surface area contributed by atoms with Gasteiger partial charge in [0.25, 0.3) is 0 Å². The number of hydrogen-bond acceptors (Lipinski definition) is 7. The summed E-state index contributed by atoms with van der Waals surface area (Å²) in [4.78, 5) is 11.3. The van der Waals surface area contributed by atoms with Crippen LogP contribution in [0.5, 0.6) is 0 Å². The van der Waals surface area contributed by atoms with E-state index in [1.807, 2.05) is 0 Å². The minimum atomic E-state index is -0.957. The number of carboxylic acid groups (broad SMARTS) is 1. The molecular formula is C34H63N3O5. The van der Waals surface area contributed by atoms with Gasteiger partial charge in [-0.3, -0.25) is 4.79 Å². The van der Waals surface area contributed by atoms with E-state index in [1.165, 1.54) is 6.42 Å². The number of nitrogens with one attached hydrogen (secondary N) is 2. The Morgan fingerprint density at radius 2 is 1.69 bits per heavy atom. The Morgan fingerprint density at radius 3 is 2.40 bits per heavy atom. The summed E-state index contributed by atoms with van der Waals surface area (Å²) in [6, 6.07) is 0.513. The smallest absolute Gasteiger partial charge is 0.308 e. The first kappa shape index (κ1) is 34.1. The zero-order chi connectivity index (χ0) is 30.7. The lowest BCUT2D eigenvalue weighted by Crippen LogP contribution is -2.62. The summed E-state index contributed by atoms with van der Waals surface area (Å²) in [5, 5.41) is 50.6. The topological polar surface area (TPSA) is 148 Å². The average Bonchev–Trinajstić information content (AvgIpc) is 3.32. The monoisotopic (exact) mass is 593 g/mol. The standard InChI is InChI=1S/C34H63N3O5/c1-21(8-11-28(38)22(2)32(41)42)25-9-10-26-31-27(20-30(40)34(25,26)4)33(3)13-12-24(18-23(33)19-29(31)39)37-17-7-16-36-15-6-5-14-35/h21-31,36-40H,5-20,35H2,1-4H3,(H,41,42)/t21-,22?,23-,24+,25-,26?,27?,28?,29-,30?,31?,33+,34-/m1/s1. The molecule has 8 heteroatoms. The van der Waals surface area contributed by atoms with Gasteiger partial charge in [0.15, 0.2) is 0 Å². The van der Waals surface area contributed by atoms with Gasteiger partial charge in [-0.1, -0.05) is 20.8 Å². The molecule has 4 fully saturated rings. The number of aliphatic carboxylic acids is 1. The molecule has 8 nitrogen and oxygen atoms in total. The number of carboxylic acids is 1. The van der Waals surface area contributed by atoms with Gasteiger partial charge in [0.2, 0.25) is 0 Å².